The van der Waals surface area contributed by atoms with Crippen molar-refractivity contribution in [3.63, 3.8) is 0 Å². The fourth-order valence-corrected chi connectivity index (χ4v) is 1.85. The molecule has 2 rings (SSSR count). The van der Waals surface area contributed by atoms with Crippen LogP contribution < -0.4 is 4.74 Å². The second-order valence-electron chi connectivity index (χ2n) is 4.57. The first-order valence-electron chi connectivity index (χ1n) is 6.04. The van der Waals surface area contributed by atoms with Gasteiger partial charge in [0.25, 0.3) is 0 Å². The number of H-pyrrole nitrogens is 1. The van der Waals surface area contributed by atoms with Crippen LogP contribution >= 0.6 is 0 Å². The lowest BCUT2D eigenvalue weighted by Gasteiger charge is -2.09. The lowest BCUT2D eigenvalue weighted by Crippen LogP contribution is -2.05. The molecule has 1 aromatic carbocycles. The Morgan fingerprint density at radius 2 is 1.95 bits per heavy atom. The van der Waals surface area contributed by atoms with Crippen LogP contribution in [0.2, 0.25) is 0 Å². The number of ether oxygens (including phenoxy) is 1. The van der Waals surface area contributed by atoms with Crippen molar-refractivity contribution < 1.29 is 14.6 Å². The van der Waals surface area contributed by atoms with Gasteiger partial charge in [0.2, 0.25) is 0 Å². The average molecular weight is 260 g/mol. The van der Waals surface area contributed by atoms with Gasteiger partial charge in [0.1, 0.15) is 11.4 Å². The Labute approximate surface area is 111 Å². The summed E-state index contributed by atoms with van der Waals surface area (Å²) in [6, 6.07) is 7.44. The average Bonchev–Trinajstić information content (AvgIpc) is 2.71. The summed E-state index contributed by atoms with van der Waals surface area (Å²) in [5, 5.41) is 15.6. The first-order chi connectivity index (χ1) is 8.99. The molecule has 0 unspecified atom stereocenters. The molecule has 0 fully saturated rings. The monoisotopic (exact) mass is 260 g/mol. The molecule has 19 heavy (non-hydrogen) atoms. The lowest BCUT2D eigenvalue weighted by atomic mass is 10.1. The van der Waals surface area contributed by atoms with Crippen LogP contribution in [0.3, 0.4) is 0 Å². The van der Waals surface area contributed by atoms with E-state index in [2.05, 4.69) is 10.2 Å². The van der Waals surface area contributed by atoms with Gasteiger partial charge in [0.15, 0.2) is 0 Å². The molecule has 0 saturated heterocycles. The van der Waals surface area contributed by atoms with E-state index in [1.807, 2.05) is 38.1 Å². The second-order valence-corrected chi connectivity index (χ2v) is 4.57. The van der Waals surface area contributed by atoms with Crippen molar-refractivity contribution in [1.29, 1.82) is 0 Å². The normalized spacial score (nSPS) is 10.7. The van der Waals surface area contributed by atoms with Crippen LogP contribution in [0.5, 0.6) is 5.75 Å². The number of benzene rings is 1. The topological polar surface area (TPSA) is 75.2 Å². The van der Waals surface area contributed by atoms with Gasteiger partial charge in [0.05, 0.1) is 11.8 Å². The molecule has 5 heteroatoms. The Kier molecular flexibility index (Phi) is 3.55. The molecule has 1 aromatic heterocycles. The Balaban J connectivity index is 2.30. The molecule has 2 aromatic rings. The van der Waals surface area contributed by atoms with Gasteiger partial charge in [-0.25, -0.2) is 4.79 Å². The molecule has 0 bridgehead atoms. The molecule has 100 valence electrons. The summed E-state index contributed by atoms with van der Waals surface area (Å²) < 4.78 is 5.56. The molecular formula is C14H16N2O3. The quantitative estimate of drug-likeness (QED) is 0.886. The van der Waals surface area contributed by atoms with E-state index in [0.717, 1.165) is 11.3 Å². The van der Waals surface area contributed by atoms with Gasteiger partial charge in [0, 0.05) is 11.1 Å². The van der Waals surface area contributed by atoms with Crippen LogP contribution in [0.25, 0.3) is 11.3 Å². The van der Waals surface area contributed by atoms with Crippen LogP contribution in [-0.4, -0.2) is 27.4 Å². The number of hydrogen-bond acceptors (Lipinski definition) is 3. The van der Waals surface area contributed by atoms with E-state index in [-0.39, 0.29) is 11.8 Å². The van der Waals surface area contributed by atoms with Crippen molar-refractivity contribution in [1.82, 2.24) is 10.2 Å². The molecule has 0 aliphatic heterocycles. The van der Waals surface area contributed by atoms with Crippen LogP contribution in [-0.2, 0) is 0 Å². The number of rotatable bonds is 4. The first-order valence-corrected chi connectivity index (χ1v) is 6.04. The standard InChI is InChI=1S/C14H16N2O3/c1-8(2)19-11-6-4-10(5-7-11)12-9(3)13(14(17)18)16-15-12/h4-8H,1-3H3,(H,15,16)(H,17,18). The van der Waals surface area contributed by atoms with E-state index in [0.29, 0.717) is 11.3 Å². The minimum absolute atomic E-state index is 0.122. The Morgan fingerprint density at radius 1 is 1.32 bits per heavy atom. The first kappa shape index (κ1) is 13.1. The predicted octanol–water partition coefficient (Wildman–Crippen LogP) is 2.87. The van der Waals surface area contributed by atoms with Crippen molar-refractivity contribution in [2.75, 3.05) is 0 Å². The van der Waals surface area contributed by atoms with Crippen LogP contribution in [0.15, 0.2) is 24.3 Å². The van der Waals surface area contributed by atoms with E-state index in [4.69, 9.17) is 9.84 Å². The van der Waals surface area contributed by atoms with Gasteiger partial charge >= 0.3 is 5.97 Å². The minimum Gasteiger partial charge on any atom is -0.491 e. The summed E-state index contributed by atoms with van der Waals surface area (Å²) >= 11 is 0. The van der Waals surface area contributed by atoms with Crippen molar-refractivity contribution >= 4 is 5.97 Å². The number of nitrogens with zero attached hydrogens (tertiary/aromatic N) is 1. The van der Waals surface area contributed by atoms with Crippen molar-refractivity contribution in [2.24, 2.45) is 0 Å². The van der Waals surface area contributed by atoms with Gasteiger partial charge in [-0.3, -0.25) is 5.10 Å². The number of carboxylic acid groups (broad SMARTS) is 1. The van der Waals surface area contributed by atoms with E-state index in [1.165, 1.54) is 0 Å². The van der Waals surface area contributed by atoms with Crippen molar-refractivity contribution in [3.8, 4) is 17.0 Å². The summed E-state index contributed by atoms with van der Waals surface area (Å²) in [4.78, 5) is 11.0. The van der Waals surface area contributed by atoms with E-state index in [9.17, 15) is 4.79 Å². The zero-order chi connectivity index (χ0) is 14.0. The summed E-state index contributed by atoms with van der Waals surface area (Å²) in [6.45, 7) is 5.66. The molecular weight excluding hydrogens is 244 g/mol. The number of aromatic nitrogens is 2. The van der Waals surface area contributed by atoms with Crippen LogP contribution in [0.1, 0.15) is 29.9 Å². The maximum atomic E-state index is 11.0. The highest BCUT2D eigenvalue weighted by Crippen LogP contribution is 2.25. The molecule has 0 aliphatic rings. The summed E-state index contributed by atoms with van der Waals surface area (Å²) in [5.74, 6) is -0.221. The Hall–Kier alpha value is -2.30. The van der Waals surface area contributed by atoms with E-state index < -0.39 is 5.97 Å². The molecule has 0 spiro atoms. The van der Waals surface area contributed by atoms with Gasteiger partial charge in [-0.2, -0.15) is 5.10 Å². The fourth-order valence-electron chi connectivity index (χ4n) is 1.85. The Morgan fingerprint density at radius 3 is 2.42 bits per heavy atom. The second kappa shape index (κ2) is 5.14. The number of carboxylic acids is 1. The SMILES string of the molecule is Cc1c(-c2ccc(OC(C)C)cc2)n[nH]c1C(=O)O. The summed E-state index contributed by atoms with van der Waals surface area (Å²) in [5.41, 5.74) is 2.26. The molecule has 0 aliphatic carbocycles. The molecule has 0 amide bonds. The third-order valence-corrected chi connectivity index (χ3v) is 2.72. The number of nitrogens with one attached hydrogen (secondary N) is 1. The summed E-state index contributed by atoms with van der Waals surface area (Å²) in [7, 11) is 0. The fraction of sp³-hybridized carbons (Fsp3) is 0.286. The highest BCUT2D eigenvalue weighted by Gasteiger charge is 2.15. The molecule has 5 nitrogen and oxygen atoms in total. The van der Waals surface area contributed by atoms with E-state index in [1.54, 1.807) is 6.92 Å². The van der Waals surface area contributed by atoms with Gasteiger partial charge in [-0.15, -0.1) is 0 Å². The van der Waals surface area contributed by atoms with E-state index >= 15 is 0 Å². The Bertz CT molecular complexity index is 585. The van der Waals surface area contributed by atoms with Gasteiger partial charge in [-0.05, 0) is 45.0 Å². The highest BCUT2D eigenvalue weighted by atomic mass is 16.5. The minimum atomic E-state index is -1.00. The number of aromatic amines is 1. The predicted molar refractivity (Wildman–Crippen MR) is 71.5 cm³/mol. The molecule has 1 heterocycles. The molecule has 0 saturated carbocycles. The zero-order valence-corrected chi connectivity index (χ0v) is 11.1. The maximum absolute atomic E-state index is 11.0. The molecule has 2 N–H and O–H groups in total. The third-order valence-electron chi connectivity index (χ3n) is 2.72. The zero-order valence-electron chi connectivity index (χ0n) is 11.1. The lowest BCUT2D eigenvalue weighted by molar-refractivity contribution is 0.0689. The smallest absolute Gasteiger partial charge is 0.354 e. The molecule has 0 radical (unpaired) electrons. The summed E-state index contributed by atoms with van der Waals surface area (Å²) in [6.07, 6.45) is 0.122. The van der Waals surface area contributed by atoms with Gasteiger partial charge < -0.3 is 9.84 Å². The largest absolute Gasteiger partial charge is 0.491 e. The highest BCUT2D eigenvalue weighted by molar-refractivity contribution is 5.89. The van der Waals surface area contributed by atoms with Gasteiger partial charge in [-0.1, -0.05) is 0 Å². The number of carbonyl (C=O) groups is 1. The van der Waals surface area contributed by atoms with Crippen LogP contribution in [0, 0.1) is 6.92 Å². The molecule has 0 atom stereocenters. The number of hydrogen-bond donors (Lipinski definition) is 2. The van der Waals surface area contributed by atoms with Crippen LogP contribution in [0.4, 0.5) is 0 Å². The van der Waals surface area contributed by atoms with Crippen molar-refractivity contribution in [2.45, 2.75) is 26.9 Å². The maximum Gasteiger partial charge on any atom is 0.354 e. The van der Waals surface area contributed by atoms with Crippen molar-refractivity contribution in [3.05, 3.63) is 35.5 Å². The third kappa shape index (κ3) is 2.76. The number of aromatic carboxylic acids is 1.